The molecular weight excluding hydrogens is 428 g/mol. The second-order valence-corrected chi connectivity index (χ2v) is 9.30. The van der Waals surface area contributed by atoms with Crippen LogP contribution in [-0.4, -0.2) is 67.6 Å². The maximum atomic E-state index is 12.6. The molecule has 0 saturated carbocycles. The summed E-state index contributed by atoms with van der Waals surface area (Å²) in [5.74, 6) is 0. The molecule has 0 aromatic heterocycles. The Labute approximate surface area is 183 Å². The molecule has 0 radical (unpaired) electrons. The predicted octanol–water partition coefficient (Wildman–Crippen LogP) is 0.934. The second-order valence-electron chi connectivity index (χ2n) is 7.53. The first-order chi connectivity index (χ1) is 14.0. The van der Waals surface area contributed by atoms with Gasteiger partial charge in [-0.25, -0.2) is 13.1 Å². The Morgan fingerprint density at radius 3 is 2.40 bits per heavy atom. The number of ether oxygens (including phenoxy) is 1. The van der Waals surface area contributed by atoms with E-state index in [1.54, 1.807) is 18.2 Å². The summed E-state index contributed by atoms with van der Waals surface area (Å²) in [6, 6.07) is 15.9. The maximum Gasteiger partial charge on any atom is 0.240 e. The molecule has 2 aliphatic rings. The summed E-state index contributed by atoms with van der Waals surface area (Å²) in [5, 5.41) is 20.4. The zero-order valence-corrected chi connectivity index (χ0v) is 18.1. The number of hydrogen-bond donors (Lipinski definition) is 3. The molecule has 164 valence electrons. The van der Waals surface area contributed by atoms with Crippen molar-refractivity contribution in [2.45, 2.75) is 42.2 Å². The number of sulfonamides is 1. The lowest BCUT2D eigenvalue weighted by Gasteiger charge is -2.37. The monoisotopic (exact) mass is 454 g/mol. The van der Waals surface area contributed by atoms with Crippen molar-refractivity contribution in [3.05, 3.63) is 65.7 Å². The number of benzene rings is 2. The van der Waals surface area contributed by atoms with Crippen LogP contribution in [0.15, 0.2) is 59.5 Å². The molecule has 0 aliphatic carbocycles. The van der Waals surface area contributed by atoms with Crippen LogP contribution in [0.25, 0.3) is 0 Å². The van der Waals surface area contributed by atoms with Gasteiger partial charge in [-0.3, -0.25) is 4.90 Å². The molecule has 2 heterocycles. The van der Waals surface area contributed by atoms with Crippen LogP contribution in [0.2, 0.25) is 0 Å². The first-order valence-corrected chi connectivity index (χ1v) is 11.3. The average Bonchev–Trinajstić information content (AvgIpc) is 3.08. The zero-order valence-electron chi connectivity index (χ0n) is 16.4. The molecule has 4 atom stereocenters. The highest BCUT2D eigenvalue weighted by Gasteiger charge is 2.46. The Morgan fingerprint density at radius 1 is 1.03 bits per heavy atom. The summed E-state index contributed by atoms with van der Waals surface area (Å²) in [6.07, 6.45) is -1.34. The molecule has 1 fully saturated rings. The number of nitrogens with zero attached hydrogens (tertiary/aromatic N) is 1. The molecule has 7 nitrogen and oxygen atoms in total. The molecular formula is C21H27ClN2O5S. The molecule has 0 spiro atoms. The van der Waals surface area contributed by atoms with Crippen LogP contribution in [-0.2, 0) is 27.7 Å². The van der Waals surface area contributed by atoms with Crippen LogP contribution in [0.1, 0.15) is 11.1 Å². The standard InChI is InChI=1S/C21H26N2O5S.ClH/c24-14-19-21(25)20(23-11-10-15-6-4-5-7-16(15)13-23)18(28-19)12-22-29(26,27)17-8-2-1-3-9-17;/h1-9,18-22,24-25H,10-14H2;1H/t18-,19+,20+,21-;/m1./s1. The van der Waals surface area contributed by atoms with Crippen LogP contribution >= 0.6 is 12.4 Å². The zero-order chi connectivity index (χ0) is 20.4. The Hall–Kier alpha value is -1.52. The highest BCUT2D eigenvalue weighted by atomic mass is 35.5. The normalized spacial score (nSPS) is 26.7. The molecule has 0 amide bonds. The van der Waals surface area contributed by atoms with E-state index in [0.717, 1.165) is 13.0 Å². The summed E-state index contributed by atoms with van der Waals surface area (Å²) < 4.78 is 33.6. The van der Waals surface area contributed by atoms with E-state index < -0.39 is 34.4 Å². The molecule has 0 bridgehead atoms. The van der Waals surface area contributed by atoms with E-state index in [4.69, 9.17) is 4.74 Å². The fourth-order valence-corrected chi connectivity index (χ4v) is 5.31. The molecule has 2 aromatic carbocycles. The predicted molar refractivity (Wildman–Crippen MR) is 115 cm³/mol. The van der Waals surface area contributed by atoms with Gasteiger partial charge in [-0.1, -0.05) is 42.5 Å². The molecule has 1 saturated heterocycles. The maximum absolute atomic E-state index is 12.6. The SMILES string of the molecule is Cl.O=S(=O)(NC[C@H]1O[C@@H](CO)[C@@H](O)[C@H]1N1CCc2ccccc2C1)c1ccccc1. The van der Waals surface area contributed by atoms with E-state index in [1.165, 1.54) is 23.3 Å². The number of aliphatic hydroxyl groups excluding tert-OH is 2. The largest absolute Gasteiger partial charge is 0.394 e. The number of halogens is 1. The van der Waals surface area contributed by atoms with Gasteiger partial charge in [-0.05, 0) is 29.7 Å². The van der Waals surface area contributed by atoms with E-state index in [0.29, 0.717) is 6.54 Å². The smallest absolute Gasteiger partial charge is 0.240 e. The van der Waals surface area contributed by atoms with Crippen molar-refractivity contribution in [1.29, 1.82) is 0 Å². The summed E-state index contributed by atoms with van der Waals surface area (Å²) in [4.78, 5) is 2.31. The first kappa shape index (κ1) is 23.1. The number of aliphatic hydroxyl groups is 2. The van der Waals surface area contributed by atoms with Crippen molar-refractivity contribution in [1.82, 2.24) is 9.62 Å². The topological polar surface area (TPSA) is 99.1 Å². The van der Waals surface area contributed by atoms with Crippen LogP contribution in [0, 0.1) is 0 Å². The van der Waals surface area contributed by atoms with Crippen molar-refractivity contribution in [3.8, 4) is 0 Å². The lowest BCUT2D eigenvalue weighted by molar-refractivity contribution is -0.0201. The summed E-state index contributed by atoms with van der Waals surface area (Å²) in [7, 11) is -3.68. The second kappa shape index (κ2) is 9.74. The van der Waals surface area contributed by atoms with E-state index in [9.17, 15) is 18.6 Å². The fourth-order valence-electron chi connectivity index (χ4n) is 4.24. The minimum atomic E-state index is -3.68. The lowest BCUT2D eigenvalue weighted by atomic mass is 9.95. The van der Waals surface area contributed by atoms with Gasteiger partial charge >= 0.3 is 0 Å². The van der Waals surface area contributed by atoms with Crippen molar-refractivity contribution in [2.24, 2.45) is 0 Å². The number of rotatable bonds is 6. The van der Waals surface area contributed by atoms with Crippen LogP contribution in [0.3, 0.4) is 0 Å². The van der Waals surface area contributed by atoms with Gasteiger partial charge in [-0.2, -0.15) is 0 Å². The van der Waals surface area contributed by atoms with Crippen molar-refractivity contribution in [2.75, 3.05) is 19.7 Å². The lowest BCUT2D eigenvalue weighted by Crippen LogP contribution is -2.52. The van der Waals surface area contributed by atoms with Gasteiger partial charge in [0.05, 0.1) is 23.6 Å². The fraction of sp³-hybridized carbons (Fsp3) is 0.429. The Bertz CT molecular complexity index is 943. The van der Waals surface area contributed by atoms with Gasteiger partial charge in [0.2, 0.25) is 10.0 Å². The number of hydrogen-bond acceptors (Lipinski definition) is 6. The third-order valence-corrected chi connectivity index (χ3v) is 7.19. The van der Waals surface area contributed by atoms with Gasteiger partial charge in [0.1, 0.15) is 12.2 Å². The average molecular weight is 455 g/mol. The quantitative estimate of drug-likeness (QED) is 0.600. The van der Waals surface area contributed by atoms with Crippen LogP contribution < -0.4 is 4.72 Å². The van der Waals surface area contributed by atoms with E-state index >= 15 is 0 Å². The molecule has 30 heavy (non-hydrogen) atoms. The van der Waals surface area contributed by atoms with E-state index in [1.807, 2.05) is 12.1 Å². The molecule has 2 aromatic rings. The van der Waals surface area contributed by atoms with Gasteiger partial charge < -0.3 is 14.9 Å². The molecule has 0 unspecified atom stereocenters. The van der Waals surface area contributed by atoms with Gasteiger partial charge in [0.25, 0.3) is 0 Å². The summed E-state index contributed by atoms with van der Waals surface area (Å²) >= 11 is 0. The minimum absolute atomic E-state index is 0. The van der Waals surface area contributed by atoms with Crippen LogP contribution in [0.5, 0.6) is 0 Å². The Balaban J connectivity index is 0.00000256. The van der Waals surface area contributed by atoms with Gasteiger partial charge in [0, 0.05) is 19.6 Å². The summed E-state index contributed by atoms with van der Waals surface area (Å²) in [5.41, 5.74) is 2.49. The van der Waals surface area contributed by atoms with Crippen molar-refractivity contribution >= 4 is 22.4 Å². The summed E-state index contributed by atoms with van der Waals surface area (Å²) in [6.45, 7) is 1.10. The molecule has 9 heteroatoms. The minimum Gasteiger partial charge on any atom is -0.394 e. The number of nitrogens with one attached hydrogen (secondary N) is 1. The first-order valence-electron chi connectivity index (χ1n) is 9.79. The Kier molecular flexibility index (Phi) is 7.52. The molecule has 3 N–H and O–H groups in total. The van der Waals surface area contributed by atoms with E-state index in [-0.39, 0.29) is 30.5 Å². The van der Waals surface area contributed by atoms with Crippen molar-refractivity contribution in [3.63, 3.8) is 0 Å². The third-order valence-electron chi connectivity index (χ3n) is 5.75. The number of fused-ring (bicyclic) bond motifs is 1. The highest BCUT2D eigenvalue weighted by Crippen LogP contribution is 2.30. The molecule has 2 aliphatic heterocycles. The van der Waals surface area contributed by atoms with Gasteiger partial charge in [0.15, 0.2) is 0 Å². The van der Waals surface area contributed by atoms with Crippen molar-refractivity contribution < 1.29 is 23.4 Å². The Morgan fingerprint density at radius 2 is 1.70 bits per heavy atom. The highest BCUT2D eigenvalue weighted by molar-refractivity contribution is 7.89. The molecule has 4 rings (SSSR count). The van der Waals surface area contributed by atoms with E-state index in [2.05, 4.69) is 21.8 Å². The van der Waals surface area contributed by atoms with Crippen LogP contribution in [0.4, 0.5) is 0 Å². The third kappa shape index (κ3) is 4.70. The van der Waals surface area contributed by atoms with Gasteiger partial charge in [-0.15, -0.1) is 12.4 Å².